The third kappa shape index (κ3) is 2.04. The number of halogens is 3. The number of hydrogen-bond donors (Lipinski definition) is 1. The van der Waals surface area contributed by atoms with Gasteiger partial charge in [-0.25, -0.2) is 8.78 Å². The van der Waals surface area contributed by atoms with Crippen LogP contribution >= 0.6 is 11.6 Å². The van der Waals surface area contributed by atoms with Crippen molar-refractivity contribution >= 4 is 11.6 Å². The maximum absolute atomic E-state index is 14.0. The smallest absolute Gasteiger partial charge is 0.166 e. The Morgan fingerprint density at radius 3 is 2.44 bits per heavy atom. The summed E-state index contributed by atoms with van der Waals surface area (Å²) in [5.41, 5.74) is -1.61. The Morgan fingerprint density at radius 1 is 1.33 bits per heavy atom. The van der Waals surface area contributed by atoms with Crippen molar-refractivity contribution in [1.82, 2.24) is 0 Å². The van der Waals surface area contributed by atoms with Gasteiger partial charge in [-0.1, -0.05) is 32.4 Å². The number of aliphatic hydroxyl groups is 1. The van der Waals surface area contributed by atoms with Crippen LogP contribution in [0.25, 0.3) is 0 Å². The standard InChI is InChI=1S/C14H17ClF2O/c1-8-6-13(2,3)7-14(8,18)11-9(15)4-5-10(16)12(11)17/h4-5,8,18H,6-7H2,1-3H3. The Balaban J connectivity index is 2.59. The van der Waals surface area contributed by atoms with Gasteiger partial charge >= 0.3 is 0 Å². The first-order valence-electron chi connectivity index (χ1n) is 6.04. The SMILES string of the molecule is CC1CC(C)(C)CC1(O)c1c(Cl)ccc(F)c1F. The average Bonchev–Trinajstić information content (AvgIpc) is 2.42. The summed E-state index contributed by atoms with van der Waals surface area (Å²) in [5.74, 6) is -2.17. The van der Waals surface area contributed by atoms with Gasteiger partial charge in [0.25, 0.3) is 0 Å². The van der Waals surface area contributed by atoms with Crippen LogP contribution in [0, 0.1) is 23.0 Å². The minimum Gasteiger partial charge on any atom is -0.385 e. The molecule has 18 heavy (non-hydrogen) atoms. The molecule has 0 saturated heterocycles. The largest absolute Gasteiger partial charge is 0.385 e. The highest BCUT2D eigenvalue weighted by atomic mass is 35.5. The van der Waals surface area contributed by atoms with Gasteiger partial charge in [0, 0.05) is 10.6 Å². The lowest BCUT2D eigenvalue weighted by Gasteiger charge is -2.30. The van der Waals surface area contributed by atoms with Crippen LogP contribution in [0.1, 0.15) is 39.2 Å². The van der Waals surface area contributed by atoms with Gasteiger partial charge in [-0.05, 0) is 36.3 Å². The van der Waals surface area contributed by atoms with E-state index in [1.807, 2.05) is 20.8 Å². The molecule has 0 aliphatic heterocycles. The van der Waals surface area contributed by atoms with E-state index in [0.717, 1.165) is 12.5 Å². The van der Waals surface area contributed by atoms with E-state index >= 15 is 0 Å². The van der Waals surface area contributed by atoms with E-state index in [9.17, 15) is 13.9 Å². The van der Waals surface area contributed by atoms with Crippen LogP contribution in [0.15, 0.2) is 12.1 Å². The molecule has 1 aliphatic carbocycles. The summed E-state index contributed by atoms with van der Waals surface area (Å²) in [6.07, 6.45) is 1.12. The third-order valence-corrected chi connectivity index (χ3v) is 4.21. The fraction of sp³-hybridized carbons (Fsp3) is 0.571. The van der Waals surface area contributed by atoms with Crippen LogP contribution < -0.4 is 0 Å². The first-order chi connectivity index (χ1) is 8.17. The highest BCUT2D eigenvalue weighted by Gasteiger charge is 2.50. The minimum atomic E-state index is -1.40. The Hall–Kier alpha value is -0.670. The lowest BCUT2D eigenvalue weighted by Crippen LogP contribution is -2.31. The predicted molar refractivity (Wildman–Crippen MR) is 67.4 cm³/mol. The van der Waals surface area contributed by atoms with Gasteiger partial charge in [0.05, 0.1) is 5.60 Å². The van der Waals surface area contributed by atoms with Crippen molar-refractivity contribution < 1.29 is 13.9 Å². The summed E-state index contributed by atoms with van der Waals surface area (Å²) in [7, 11) is 0. The third-order valence-electron chi connectivity index (χ3n) is 3.90. The van der Waals surface area contributed by atoms with Gasteiger partial charge < -0.3 is 5.11 Å². The number of hydrogen-bond acceptors (Lipinski definition) is 1. The Labute approximate surface area is 111 Å². The van der Waals surface area contributed by atoms with Crippen LogP contribution in [-0.2, 0) is 5.60 Å². The van der Waals surface area contributed by atoms with Crippen LogP contribution in [0.2, 0.25) is 5.02 Å². The molecule has 0 spiro atoms. The zero-order chi connectivity index (χ0) is 13.7. The van der Waals surface area contributed by atoms with Gasteiger partial charge in [0.2, 0.25) is 0 Å². The van der Waals surface area contributed by atoms with Gasteiger partial charge in [-0.2, -0.15) is 0 Å². The molecule has 0 aromatic heterocycles. The number of benzene rings is 1. The molecule has 1 aromatic carbocycles. The molecular formula is C14H17ClF2O. The molecule has 2 unspecified atom stereocenters. The van der Waals surface area contributed by atoms with E-state index in [-0.39, 0.29) is 21.9 Å². The van der Waals surface area contributed by atoms with Crippen molar-refractivity contribution in [3.8, 4) is 0 Å². The zero-order valence-corrected chi connectivity index (χ0v) is 11.5. The van der Waals surface area contributed by atoms with Crippen LogP contribution in [0.3, 0.4) is 0 Å². The van der Waals surface area contributed by atoms with Crippen molar-refractivity contribution in [2.45, 2.75) is 39.2 Å². The molecule has 1 fully saturated rings. The molecule has 2 atom stereocenters. The van der Waals surface area contributed by atoms with Gasteiger partial charge in [-0.3, -0.25) is 0 Å². The lowest BCUT2D eigenvalue weighted by molar-refractivity contribution is -0.00451. The van der Waals surface area contributed by atoms with Crippen LogP contribution in [0.4, 0.5) is 8.78 Å². The normalized spacial score (nSPS) is 30.7. The monoisotopic (exact) mass is 274 g/mol. The highest BCUT2D eigenvalue weighted by molar-refractivity contribution is 6.31. The molecule has 1 saturated carbocycles. The Kier molecular flexibility index (Phi) is 3.19. The molecule has 0 radical (unpaired) electrons. The molecule has 2 rings (SSSR count). The fourth-order valence-corrected chi connectivity index (χ4v) is 3.54. The summed E-state index contributed by atoms with van der Waals surface area (Å²) in [5, 5.41) is 10.8. The Morgan fingerprint density at radius 2 is 1.94 bits per heavy atom. The first-order valence-corrected chi connectivity index (χ1v) is 6.41. The molecule has 1 aromatic rings. The molecule has 1 aliphatic rings. The molecule has 4 heteroatoms. The van der Waals surface area contributed by atoms with Crippen LogP contribution in [-0.4, -0.2) is 5.11 Å². The summed E-state index contributed by atoms with van der Waals surface area (Å²) in [6.45, 7) is 5.86. The Bertz CT molecular complexity index is 487. The maximum Gasteiger partial charge on any atom is 0.166 e. The van der Waals surface area contributed by atoms with Crippen molar-refractivity contribution in [2.24, 2.45) is 11.3 Å². The lowest BCUT2D eigenvalue weighted by atomic mass is 9.83. The summed E-state index contributed by atoms with van der Waals surface area (Å²) < 4.78 is 27.3. The number of rotatable bonds is 1. The predicted octanol–water partition coefficient (Wildman–Crippen LogP) is 4.26. The van der Waals surface area contributed by atoms with E-state index in [0.29, 0.717) is 6.42 Å². The van der Waals surface area contributed by atoms with E-state index in [1.165, 1.54) is 6.07 Å². The van der Waals surface area contributed by atoms with Crippen LogP contribution in [0.5, 0.6) is 0 Å². The van der Waals surface area contributed by atoms with E-state index in [4.69, 9.17) is 11.6 Å². The average molecular weight is 275 g/mol. The first kappa shape index (κ1) is 13.8. The van der Waals surface area contributed by atoms with Crippen molar-refractivity contribution in [1.29, 1.82) is 0 Å². The molecule has 0 amide bonds. The fourth-order valence-electron chi connectivity index (χ4n) is 3.23. The summed E-state index contributed by atoms with van der Waals surface area (Å²) >= 11 is 5.96. The van der Waals surface area contributed by atoms with Crippen molar-refractivity contribution in [3.63, 3.8) is 0 Å². The summed E-state index contributed by atoms with van der Waals surface area (Å²) in [6, 6.07) is 2.28. The molecule has 1 nitrogen and oxygen atoms in total. The minimum absolute atomic E-state index is 0.0842. The molecule has 100 valence electrons. The van der Waals surface area contributed by atoms with E-state index < -0.39 is 17.2 Å². The molecule has 0 bridgehead atoms. The zero-order valence-electron chi connectivity index (χ0n) is 10.7. The maximum atomic E-state index is 14.0. The second-order valence-electron chi connectivity index (χ2n) is 6.09. The van der Waals surface area contributed by atoms with Gasteiger partial charge in [-0.15, -0.1) is 0 Å². The van der Waals surface area contributed by atoms with Crippen molar-refractivity contribution in [3.05, 3.63) is 34.4 Å². The quantitative estimate of drug-likeness (QED) is 0.759. The topological polar surface area (TPSA) is 20.2 Å². The second-order valence-corrected chi connectivity index (χ2v) is 6.50. The van der Waals surface area contributed by atoms with Crippen molar-refractivity contribution in [2.75, 3.05) is 0 Å². The highest BCUT2D eigenvalue weighted by Crippen LogP contribution is 2.54. The second kappa shape index (κ2) is 4.17. The molecule has 1 N–H and O–H groups in total. The van der Waals surface area contributed by atoms with Gasteiger partial charge in [0.1, 0.15) is 0 Å². The summed E-state index contributed by atoms with van der Waals surface area (Å²) in [4.78, 5) is 0. The van der Waals surface area contributed by atoms with E-state index in [1.54, 1.807) is 0 Å². The molecular weight excluding hydrogens is 258 g/mol. The van der Waals surface area contributed by atoms with Gasteiger partial charge in [0.15, 0.2) is 11.6 Å². The molecule has 0 heterocycles. The van der Waals surface area contributed by atoms with E-state index in [2.05, 4.69) is 0 Å².